The molecule has 1 aliphatic heterocycles. The standard InChI is InChI=1S/C29H33N3O3/c1-21(2)23-9-11-24(12-10-23)28(33)30-26-19-25(29(34)35-3)13-14-27(26)32-17-15-31(16-18-32)20-22-7-5-4-6-8-22/h4-14,19,21H,15-18,20H2,1-3H3,(H,30,33). The number of carbonyl (C=O) groups is 2. The van der Waals surface area contributed by atoms with Gasteiger partial charge in [-0.05, 0) is 47.4 Å². The molecular weight excluding hydrogens is 438 g/mol. The molecule has 4 rings (SSSR count). The number of nitrogens with zero attached hydrogens (tertiary/aromatic N) is 2. The van der Waals surface area contributed by atoms with Gasteiger partial charge in [0, 0.05) is 38.3 Å². The fourth-order valence-electron chi connectivity index (χ4n) is 4.36. The molecule has 1 saturated heterocycles. The number of carbonyl (C=O) groups excluding carboxylic acids is 2. The molecule has 0 atom stereocenters. The molecule has 0 saturated carbocycles. The highest BCUT2D eigenvalue weighted by atomic mass is 16.5. The summed E-state index contributed by atoms with van der Waals surface area (Å²) in [5.41, 5.74) is 5.00. The fraction of sp³-hybridized carbons (Fsp3) is 0.310. The summed E-state index contributed by atoms with van der Waals surface area (Å²) in [7, 11) is 1.36. The van der Waals surface area contributed by atoms with Crippen molar-refractivity contribution in [1.29, 1.82) is 0 Å². The third-order valence-electron chi connectivity index (χ3n) is 6.47. The lowest BCUT2D eigenvalue weighted by Gasteiger charge is -2.37. The second-order valence-corrected chi connectivity index (χ2v) is 9.20. The van der Waals surface area contributed by atoms with E-state index in [9.17, 15) is 9.59 Å². The molecule has 3 aromatic carbocycles. The van der Waals surface area contributed by atoms with Crippen molar-refractivity contribution in [3.8, 4) is 0 Å². The Labute approximate surface area is 207 Å². The van der Waals surface area contributed by atoms with Gasteiger partial charge in [0.2, 0.25) is 0 Å². The van der Waals surface area contributed by atoms with Crippen LogP contribution in [0.25, 0.3) is 0 Å². The van der Waals surface area contributed by atoms with E-state index < -0.39 is 5.97 Å². The number of amides is 1. The third kappa shape index (κ3) is 6.08. The van der Waals surface area contributed by atoms with Crippen LogP contribution < -0.4 is 10.2 Å². The minimum Gasteiger partial charge on any atom is -0.465 e. The monoisotopic (exact) mass is 471 g/mol. The topological polar surface area (TPSA) is 61.9 Å². The Hall–Kier alpha value is -3.64. The van der Waals surface area contributed by atoms with Crippen LogP contribution in [0.4, 0.5) is 11.4 Å². The molecule has 1 N–H and O–H groups in total. The van der Waals surface area contributed by atoms with Crippen LogP contribution in [0.3, 0.4) is 0 Å². The van der Waals surface area contributed by atoms with Gasteiger partial charge in [0.05, 0.1) is 24.0 Å². The zero-order valence-electron chi connectivity index (χ0n) is 20.7. The second-order valence-electron chi connectivity index (χ2n) is 9.20. The average Bonchev–Trinajstić information content (AvgIpc) is 2.89. The summed E-state index contributed by atoms with van der Waals surface area (Å²) in [5.74, 6) is -0.233. The molecule has 0 aliphatic carbocycles. The molecule has 6 heteroatoms. The Balaban J connectivity index is 1.51. The quantitative estimate of drug-likeness (QED) is 0.482. The zero-order valence-corrected chi connectivity index (χ0v) is 20.7. The summed E-state index contributed by atoms with van der Waals surface area (Å²) in [6.07, 6.45) is 0. The average molecular weight is 472 g/mol. The van der Waals surface area contributed by atoms with E-state index in [0.717, 1.165) is 38.4 Å². The number of methoxy groups -OCH3 is 1. The highest BCUT2D eigenvalue weighted by molar-refractivity contribution is 6.06. The molecule has 35 heavy (non-hydrogen) atoms. The smallest absolute Gasteiger partial charge is 0.337 e. The second kappa shape index (κ2) is 11.2. The number of nitrogens with one attached hydrogen (secondary N) is 1. The Morgan fingerprint density at radius 1 is 0.886 bits per heavy atom. The number of rotatable bonds is 7. The molecule has 3 aromatic rings. The van der Waals surface area contributed by atoms with Gasteiger partial charge >= 0.3 is 5.97 Å². The number of benzene rings is 3. The maximum atomic E-state index is 13.1. The van der Waals surface area contributed by atoms with Crippen LogP contribution >= 0.6 is 0 Å². The lowest BCUT2D eigenvalue weighted by atomic mass is 10.0. The molecule has 6 nitrogen and oxygen atoms in total. The van der Waals surface area contributed by atoms with E-state index in [1.807, 2.05) is 36.4 Å². The molecular formula is C29H33N3O3. The summed E-state index contributed by atoms with van der Waals surface area (Å²) < 4.78 is 4.90. The Kier molecular flexibility index (Phi) is 7.83. The van der Waals surface area contributed by atoms with Gasteiger partial charge in [-0.1, -0.05) is 56.3 Å². The Bertz CT molecular complexity index is 1150. The van der Waals surface area contributed by atoms with Crippen LogP contribution in [0, 0.1) is 0 Å². The highest BCUT2D eigenvalue weighted by Crippen LogP contribution is 2.29. The van der Waals surface area contributed by atoms with Crippen molar-refractivity contribution in [2.24, 2.45) is 0 Å². The van der Waals surface area contributed by atoms with Crippen LogP contribution in [-0.2, 0) is 11.3 Å². The van der Waals surface area contributed by atoms with Crippen LogP contribution in [0.1, 0.15) is 51.6 Å². The number of esters is 1. The van der Waals surface area contributed by atoms with Crippen molar-refractivity contribution in [3.63, 3.8) is 0 Å². The van der Waals surface area contributed by atoms with E-state index in [1.165, 1.54) is 18.2 Å². The van der Waals surface area contributed by atoms with Gasteiger partial charge in [-0.15, -0.1) is 0 Å². The lowest BCUT2D eigenvalue weighted by molar-refractivity contribution is 0.0600. The van der Waals surface area contributed by atoms with Gasteiger partial charge in [0.1, 0.15) is 0 Å². The molecule has 1 fully saturated rings. The van der Waals surface area contributed by atoms with E-state index in [1.54, 1.807) is 12.1 Å². The summed E-state index contributed by atoms with van der Waals surface area (Å²) in [4.78, 5) is 30.0. The van der Waals surface area contributed by atoms with Gasteiger partial charge in [-0.2, -0.15) is 0 Å². The molecule has 1 amide bonds. The lowest BCUT2D eigenvalue weighted by Crippen LogP contribution is -2.46. The van der Waals surface area contributed by atoms with E-state index in [0.29, 0.717) is 22.7 Å². The van der Waals surface area contributed by atoms with Gasteiger partial charge in [-0.25, -0.2) is 4.79 Å². The summed E-state index contributed by atoms with van der Waals surface area (Å²) in [6.45, 7) is 8.66. The van der Waals surface area contributed by atoms with Crippen LogP contribution in [0.5, 0.6) is 0 Å². The predicted molar refractivity (Wildman–Crippen MR) is 140 cm³/mol. The first-order valence-corrected chi connectivity index (χ1v) is 12.1. The van der Waals surface area contributed by atoms with Crippen LogP contribution in [0.2, 0.25) is 0 Å². The maximum Gasteiger partial charge on any atom is 0.337 e. The fourth-order valence-corrected chi connectivity index (χ4v) is 4.36. The van der Waals surface area contributed by atoms with E-state index >= 15 is 0 Å². The number of anilines is 2. The number of ether oxygens (including phenoxy) is 1. The van der Waals surface area contributed by atoms with E-state index in [-0.39, 0.29) is 5.91 Å². The van der Waals surface area contributed by atoms with Crippen molar-refractivity contribution in [3.05, 3.63) is 95.1 Å². The Morgan fingerprint density at radius 2 is 1.54 bits per heavy atom. The minimum absolute atomic E-state index is 0.203. The molecule has 0 aromatic heterocycles. The largest absolute Gasteiger partial charge is 0.465 e. The van der Waals surface area contributed by atoms with E-state index in [2.05, 4.69) is 53.2 Å². The number of piperazine rings is 1. The first-order valence-electron chi connectivity index (χ1n) is 12.1. The van der Waals surface area contributed by atoms with Crippen molar-refractivity contribution >= 4 is 23.3 Å². The van der Waals surface area contributed by atoms with Crippen LogP contribution in [-0.4, -0.2) is 50.1 Å². The third-order valence-corrected chi connectivity index (χ3v) is 6.47. The molecule has 182 valence electrons. The predicted octanol–water partition coefficient (Wildman–Crippen LogP) is 5.17. The first-order chi connectivity index (χ1) is 16.9. The van der Waals surface area contributed by atoms with Gasteiger partial charge in [-0.3, -0.25) is 9.69 Å². The molecule has 0 unspecified atom stereocenters. The van der Waals surface area contributed by atoms with Crippen molar-refractivity contribution in [2.45, 2.75) is 26.3 Å². The molecule has 0 radical (unpaired) electrons. The summed E-state index contributed by atoms with van der Waals surface area (Å²) in [6, 6.07) is 23.5. The first kappa shape index (κ1) is 24.5. The molecule has 1 aliphatic rings. The Morgan fingerprint density at radius 3 is 2.17 bits per heavy atom. The van der Waals surface area contributed by atoms with Crippen molar-refractivity contribution < 1.29 is 14.3 Å². The minimum atomic E-state index is -0.430. The molecule has 0 spiro atoms. The van der Waals surface area contributed by atoms with Crippen molar-refractivity contribution in [1.82, 2.24) is 4.90 Å². The van der Waals surface area contributed by atoms with Gasteiger partial charge < -0.3 is 15.0 Å². The van der Waals surface area contributed by atoms with E-state index in [4.69, 9.17) is 4.74 Å². The van der Waals surface area contributed by atoms with Crippen LogP contribution in [0.15, 0.2) is 72.8 Å². The SMILES string of the molecule is COC(=O)c1ccc(N2CCN(Cc3ccccc3)CC2)c(NC(=O)c2ccc(C(C)C)cc2)c1. The van der Waals surface area contributed by atoms with Gasteiger partial charge in [0.15, 0.2) is 0 Å². The molecule has 1 heterocycles. The maximum absolute atomic E-state index is 13.1. The number of hydrogen-bond acceptors (Lipinski definition) is 5. The van der Waals surface area contributed by atoms with Crippen molar-refractivity contribution in [2.75, 3.05) is 43.5 Å². The highest BCUT2D eigenvalue weighted by Gasteiger charge is 2.22. The number of hydrogen-bond donors (Lipinski definition) is 1. The van der Waals surface area contributed by atoms with Gasteiger partial charge in [0.25, 0.3) is 5.91 Å². The normalized spacial score (nSPS) is 14.1. The zero-order chi connectivity index (χ0) is 24.8. The summed E-state index contributed by atoms with van der Waals surface area (Å²) in [5, 5.41) is 3.04. The summed E-state index contributed by atoms with van der Waals surface area (Å²) >= 11 is 0. The molecule has 0 bridgehead atoms.